The van der Waals surface area contributed by atoms with E-state index in [1.807, 2.05) is 62.4 Å². The van der Waals surface area contributed by atoms with Crippen molar-refractivity contribution in [3.05, 3.63) is 92.1 Å². The Morgan fingerprint density at radius 1 is 0.935 bits per heavy atom. The summed E-state index contributed by atoms with van der Waals surface area (Å²) >= 11 is 0. The van der Waals surface area contributed by atoms with Gasteiger partial charge < -0.3 is 5.32 Å². The van der Waals surface area contributed by atoms with Gasteiger partial charge in [0.1, 0.15) is 12.2 Å². The molecule has 2 aromatic heterocycles. The van der Waals surface area contributed by atoms with Crippen molar-refractivity contribution in [2.24, 2.45) is 7.05 Å². The molecule has 7 heteroatoms. The maximum Gasteiger partial charge on any atom is 0.295 e. The third-order valence-corrected chi connectivity index (χ3v) is 5.66. The highest BCUT2D eigenvalue weighted by atomic mass is 16.2. The lowest BCUT2D eigenvalue weighted by molar-refractivity contribution is -0.116. The summed E-state index contributed by atoms with van der Waals surface area (Å²) < 4.78 is 4.66. The van der Waals surface area contributed by atoms with Gasteiger partial charge in [0.05, 0.1) is 16.9 Å². The van der Waals surface area contributed by atoms with Crippen molar-refractivity contribution in [2.45, 2.75) is 27.3 Å². The molecule has 1 N–H and O–H groups in total. The predicted molar refractivity (Wildman–Crippen MR) is 122 cm³/mol. The Labute approximate surface area is 179 Å². The number of fused-ring (bicyclic) bond motifs is 1. The van der Waals surface area contributed by atoms with Crippen LogP contribution in [0.4, 0.5) is 5.69 Å². The highest BCUT2D eigenvalue weighted by Gasteiger charge is 2.19. The molecule has 1 amide bonds. The summed E-state index contributed by atoms with van der Waals surface area (Å²) in [7, 11) is 1.76. The molecule has 0 aliphatic carbocycles. The summed E-state index contributed by atoms with van der Waals surface area (Å²) in [6.45, 7) is 5.38. The Morgan fingerprint density at radius 3 is 2.35 bits per heavy atom. The van der Waals surface area contributed by atoms with Gasteiger partial charge in [0, 0.05) is 18.5 Å². The van der Waals surface area contributed by atoms with Crippen LogP contribution in [0.3, 0.4) is 0 Å². The molecule has 7 nitrogen and oxygen atoms in total. The van der Waals surface area contributed by atoms with Gasteiger partial charge in [0.15, 0.2) is 0 Å². The molecule has 2 heterocycles. The molecular weight excluding hydrogens is 392 g/mol. The molecule has 4 rings (SSSR count). The van der Waals surface area contributed by atoms with E-state index in [4.69, 9.17) is 0 Å². The molecule has 0 bridgehead atoms. The molecule has 158 valence electrons. The third kappa shape index (κ3) is 3.48. The van der Waals surface area contributed by atoms with Gasteiger partial charge in [-0.25, -0.2) is 4.68 Å². The number of rotatable bonds is 4. The number of hydrogen-bond donors (Lipinski definition) is 1. The lowest BCUT2D eigenvalue weighted by Gasteiger charge is -2.14. The third-order valence-electron chi connectivity index (χ3n) is 5.66. The zero-order valence-corrected chi connectivity index (χ0v) is 18.0. The zero-order valence-electron chi connectivity index (χ0n) is 18.0. The van der Waals surface area contributed by atoms with Gasteiger partial charge in [-0.15, -0.1) is 0 Å². The van der Waals surface area contributed by atoms with Crippen LogP contribution in [-0.4, -0.2) is 19.8 Å². The molecule has 31 heavy (non-hydrogen) atoms. The number of anilines is 1. The van der Waals surface area contributed by atoms with E-state index in [1.165, 1.54) is 15.3 Å². The number of benzene rings is 2. The SMILES string of the molecule is Cc1cc(=O)n(CC(=O)Nc2c(C)n(C)n(-c3ccccc3)c2=O)c2c(C)cccc12. The zero-order chi connectivity index (χ0) is 22.3. The van der Waals surface area contributed by atoms with Crippen LogP contribution in [0.1, 0.15) is 16.8 Å². The van der Waals surface area contributed by atoms with Gasteiger partial charge in [0.2, 0.25) is 5.91 Å². The summed E-state index contributed by atoms with van der Waals surface area (Å²) in [5.74, 6) is -0.429. The first kappa shape index (κ1) is 20.4. The largest absolute Gasteiger partial charge is 0.318 e. The average molecular weight is 416 g/mol. The van der Waals surface area contributed by atoms with Gasteiger partial charge in [-0.05, 0) is 44.0 Å². The Balaban J connectivity index is 1.72. The Bertz CT molecular complexity index is 1430. The number of carbonyl (C=O) groups is 1. The van der Waals surface area contributed by atoms with Crippen LogP contribution in [0.15, 0.2) is 64.2 Å². The van der Waals surface area contributed by atoms with E-state index >= 15 is 0 Å². The van der Waals surface area contributed by atoms with Crippen molar-refractivity contribution in [1.82, 2.24) is 13.9 Å². The lowest BCUT2D eigenvalue weighted by atomic mass is 10.1. The lowest BCUT2D eigenvalue weighted by Crippen LogP contribution is -2.30. The number of para-hydroxylation sites is 2. The fourth-order valence-electron chi connectivity index (χ4n) is 3.98. The first-order chi connectivity index (χ1) is 14.8. The van der Waals surface area contributed by atoms with Gasteiger partial charge in [0.25, 0.3) is 11.1 Å². The van der Waals surface area contributed by atoms with Crippen molar-refractivity contribution in [1.29, 1.82) is 0 Å². The first-order valence-corrected chi connectivity index (χ1v) is 10.0. The minimum absolute atomic E-state index is 0.181. The number of hydrogen-bond acceptors (Lipinski definition) is 3. The van der Waals surface area contributed by atoms with Gasteiger partial charge in [-0.3, -0.25) is 23.6 Å². The van der Waals surface area contributed by atoms with Crippen LogP contribution in [0, 0.1) is 20.8 Å². The fourth-order valence-corrected chi connectivity index (χ4v) is 3.98. The number of aromatic nitrogens is 3. The maximum absolute atomic E-state index is 13.0. The fraction of sp³-hybridized carbons (Fsp3) is 0.208. The molecule has 0 saturated carbocycles. The van der Waals surface area contributed by atoms with Crippen molar-refractivity contribution in [3.63, 3.8) is 0 Å². The summed E-state index contributed by atoms with van der Waals surface area (Å²) in [5, 5.41) is 3.66. The number of pyridine rings is 1. The van der Waals surface area contributed by atoms with Crippen molar-refractivity contribution in [2.75, 3.05) is 5.32 Å². The molecule has 0 unspecified atom stereocenters. The second-order valence-electron chi connectivity index (χ2n) is 7.71. The highest BCUT2D eigenvalue weighted by Crippen LogP contribution is 2.20. The monoisotopic (exact) mass is 416 g/mol. The molecule has 4 aromatic rings. The summed E-state index contributed by atoms with van der Waals surface area (Å²) in [4.78, 5) is 38.6. The normalized spacial score (nSPS) is 11.1. The van der Waals surface area contributed by atoms with Crippen LogP contribution in [0.25, 0.3) is 16.6 Å². The molecule has 2 aromatic carbocycles. The molecule has 0 spiro atoms. The van der Waals surface area contributed by atoms with E-state index in [0.29, 0.717) is 11.4 Å². The van der Waals surface area contributed by atoms with Gasteiger partial charge in [-0.1, -0.05) is 36.4 Å². The van der Waals surface area contributed by atoms with Crippen molar-refractivity contribution >= 4 is 22.5 Å². The van der Waals surface area contributed by atoms with Crippen LogP contribution >= 0.6 is 0 Å². The standard InChI is InChI=1S/C24H24N4O3/c1-15-9-8-12-19-16(2)13-21(30)27(23(15)19)14-20(29)25-22-17(3)26(4)28(24(22)31)18-10-6-5-7-11-18/h5-13H,14H2,1-4H3,(H,25,29). The van der Waals surface area contributed by atoms with Crippen LogP contribution in [0.5, 0.6) is 0 Å². The van der Waals surface area contributed by atoms with E-state index in [9.17, 15) is 14.4 Å². The number of nitrogens with zero attached hydrogens (tertiary/aromatic N) is 3. The predicted octanol–water partition coefficient (Wildman–Crippen LogP) is 3.05. The van der Waals surface area contributed by atoms with Crippen LogP contribution in [0.2, 0.25) is 0 Å². The Morgan fingerprint density at radius 2 is 1.65 bits per heavy atom. The first-order valence-electron chi connectivity index (χ1n) is 10.0. The minimum Gasteiger partial charge on any atom is -0.318 e. The molecule has 0 aliphatic rings. The number of aryl methyl sites for hydroxylation is 2. The van der Waals surface area contributed by atoms with Gasteiger partial charge in [-0.2, -0.15) is 0 Å². The van der Waals surface area contributed by atoms with Crippen LogP contribution in [-0.2, 0) is 18.4 Å². The molecule has 0 saturated heterocycles. The van der Waals surface area contributed by atoms with E-state index in [2.05, 4.69) is 5.32 Å². The molecular formula is C24H24N4O3. The van der Waals surface area contributed by atoms with Gasteiger partial charge >= 0.3 is 0 Å². The second kappa shape index (κ2) is 7.75. The quantitative estimate of drug-likeness (QED) is 0.555. The van der Waals surface area contributed by atoms with Crippen molar-refractivity contribution < 1.29 is 4.79 Å². The number of amides is 1. The molecule has 0 fully saturated rings. The highest BCUT2D eigenvalue weighted by molar-refractivity contribution is 5.93. The van der Waals surface area contributed by atoms with E-state index < -0.39 is 5.91 Å². The smallest absolute Gasteiger partial charge is 0.295 e. The minimum atomic E-state index is -0.429. The summed E-state index contributed by atoms with van der Waals surface area (Å²) in [5.41, 5.74) is 3.47. The second-order valence-corrected chi connectivity index (χ2v) is 7.71. The van der Waals surface area contributed by atoms with E-state index in [0.717, 1.165) is 22.0 Å². The average Bonchev–Trinajstić information content (AvgIpc) is 2.95. The maximum atomic E-state index is 13.0. The Hall–Kier alpha value is -3.87. The number of carbonyl (C=O) groups excluding carboxylic acids is 1. The molecule has 0 atom stereocenters. The topological polar surface area (TPSA) is 78.0 Å². The Kier molecular flexibility index (Phi) is 5.10. The molecule has 0 radical (unpaired) electrons. The van der Waals surface area contributed by atoms with Crippen molar-refractivity contribution in [3.8, 4) is 5.69 Å². The summed E-state index contributed by atoms with van der Waals surface area (Å²) in [6.07, 6.45) is 0. The number of nitrogens with one attached hydrogen (secondary N) is 1. The molecule has 0 aliphatic heterocycles. The summed E-state index contributed by atoms with van der Waals surface area (Å²) in [6, 6.07) is 16.5. The van der Waals surface area contributed by atoms with E-state index in [1.54, 1.807) is 18.7 Å². The van der Waals surface area contributed by atoms with E-state index in [-0.39, 0.29) is 23.4 Å². The van der Waals surface area contributed by atoms with Crippen LogP contribution < -0.4 is 16.4 Å².